The summed E-state index contributed by atoms with van der Waals surface area (Å²) >= 11 is 0. The lowest BCUT2D eigenvalue weighted by Gasteiger charge is -2.09. The molecular formula is C15H11F3N2O2. The van der Waals surface area contributed by atoms with E-state index in [0.717, 1.165) is 24.3 Å². The molecule has 2 N–H and O–H groups in total. The molecule has 0 aromatic heterocycles. The number of nitrogens with zero attached hydrogens (tertiary/aromatic N) is 1. The molecule has 4 nitrogen and oxygen atoms in total. The molecule has 1 rings (SSSR count). The molecule has 7 heteroatoms. The summed E-state index contributed by atoms with van der Waals surface area (Å²) in [4.78, 5) is 11.8. The second kappa shape index (κ2) is 7.19. The van der Waals surface area contributed by atoms with Crippen molar-refractivity contribution in [3.8, 4) is 18.4 Å². The van der Waals surface area contributed by atoms with Gasteiger partial charge in [0.1, 0.15) is 11.8 Å². The van der Waals surface area contributed by atoms with Crippen molar-refractivity contribution in [2.24, 2.45) is 0 Å². The highest BCUT2D eigenvalue weighted by atomic mass is 19.4. The van der Waals surface area contributed by atoms with E-state index in [0.29, 0.717) is 0 Å². The van der Waals surface area contributed by atoms with Crippen molar-refractivity contribution in [3.63, 3.8) is 0 Å². The van der Waals surface area contributed by atoms with Crippen molar-refractivity contribution in [2.75, 3.05) is 5.32 Å². The zero-order valence-electron chi connectivity index (χ0n) is 11.2. The Morgan fingerprint density at radius 2 is 1.91 bits per heavy atom. The van der Waals surface area contributed by atoms with Crippen LogP contribution in [-0.4, -0.2) is 11.0 Å². The first kappa shape index (κ1) is 17.1. The normalized spacial score (nSPS) is 11.9. The first-order valence-corrected chi connectivity index (χ1v) is 6.04. The van der Waals surface area contributed by atoms with Crippen molar-refractivity contribution in [1.82, 2.24) is 0 Å². The Morgan fingerprint density at radius 1 is 1.32 bits per heavy atom. The number of aliphatic hydroxyl groups is 1. The molecule has 22 heavy (non-hydrogen) atoms. The third-order valence-corrected chi connectivity index (χ3v) is 2.60. The number of carbonyl (C=O) groups excluding carboxylic acids is 1. The number of alkyl halides is 3. The minimum atomic E-state index is -4.48. The van der Waals surface area contributed by atoms with Gasteiger partial charge in [-0.1, -0.05) is 0 Å². The molecule has 0 atom stereocenters. The number of rotatable bonds is 4. The van der Waals surface area contributed by atoms with E-state index < -0.39 is 29.0 Å². The number of terminal acetylenes is 1. The minimum Gasteiger partial charge on any atom is -0.511 e. The maximum atomic E-state index is 12.4. The lowest BCUT2D eigenvalue weighted by Crippen LogP contribution is -2.15. The number of nitriles is 1. The van der Waals surface area contributed by atoms with Gasteiger partial charge >= 0.3 is 6.18 Å². The number of aliphatic hydroxyl groups excluding tert-OH is 1. The zero-order valence-corrected chi connectivity index (χ0v) is 11.2. The average molecular weight is 308 g/mol. The van der Waals surface area contributed by atoms with Gasteiger partial charge in [0.05, 0.1) is 5.56 Å². The largest absolute Gasteiger partial charge is 0.511 e. The summed E-state index contributed by atoms with van der Waals surface area (Å²) < 4.78 is 37.2. The Labute approximate surface area is 124 Å². The maximum absolute atomic E-state index is 12.4. The lowest BCUT2D eigenvalue weighted by atomic mass is 10.1. The smallest absolute Gasteiger partial charge is 0.416 e. The van der Waals surface area contributed by atoms with E-state index in [9.17, 15) is 23.1 Å². The number of hydrogen-bond donors (Lipinski definition) is 2. The molecule has 0 saturated heterocycles. The van der Waals surface area contributed by atoms with Crippen molar-refractivity contribution in [3.05, 3.63) is 41.2 Å². The van der Waals surface area contributed by atoms with Crippen molar-refractivity contribution in [2.45, 2.75) is 19.0 Å². The standard InChI is InChI=1S/C15H11F3N2O2/c1-2-3-4-13(21)12(9-19)14(22)20-11-7-5-10(6-8-11)15(16,17)18/h1,5-8,21H,3-4H2,(H,20,22)/b13-12+. The number of amides is 1. The molecule has 0 fully saturated rings. The molecular weight excluding hydrogens is 297 g/mol. The molecule has 0 spiro atoms. The van der Waals surface area contributed by atoms with Gasteiger partial charge in [-0.15, -0.1) is 12.3 Å². The van der Waals surface area contributed by atoms with Crippen LogP contribution in [0.15, 0.2) is 35.6 Å². The SMILES string of the molecule is C#CCC/C(O)=C(/C#N)C(=O)Nc1ccc(C(F)(F)F)cc1. The van der Waals surface area contributed by atoms with Crippen molar-refractivity contribution < 1.29 is 23.1 Å². The predicted molar refractivity (Wildman–Crippen MR) is 73.4 cm³/mol. The molecule has 0 unspecified atom stereocenters. The molecule has 0 radical (unpaired) electrons. The molecule has 114 valence electrons. The highest BCUT2D eigenvalue weighted by Crippen LogP contribution is 2.29. The van der Waals surface area contributed by atoms with Crippen LogP contribution in [0.3, 0.4) is 0 Å². The van der Waals surface area contributed by atoms with Crippen molar-refractivity contribution >= 4 is 11.6 Å². The van der Waals surface area contributed by atoms with E-state index in [1.165, 1.54) is 6.07 Å². The maximum Gasteiger partial charge on any atom is 0.416 e. The summed E-state index contributed by atoms with van der Waals surface area (Å²) in [5.41, 5.74) is -1.33. The Morgan fingerprint density at radius 3 is 2.36 bits per heavy atom. The van der Waals surface area contributed by atoms with Crippen LogP contribution >= 0.6 is 0 Å². The molecule has 0 saturated carbocycles. The predicted octanol–water partition coefficient (Wildman–Crippen LogP) is 3.39. The summed E-state index contributed by atoms with van der Waals surface area (Å²) in [5, 5.41) is 20.7. The van der Waals surface area contributed by atoms with Crippen LogP contribution in [0.25, 0.3) is 0 Å². The number of allylic oxidation sites excluding steroid dienone is 1. The molecule has 1 aromatic rings. The Bertz CT molecular complexity index is 662. The fraction of sp³-hybridized carbons (Fsp3) is 0.200. The summed E-state index contributed by atoms with van der Waals surface area (Å²) in [6.45, 7) is 0. The fourth-order valence-corrected chi connectivity index (χ4v) is 1.50. The number of benzene rings is 1. The van der Waals surface area contributed by atoms with Crippen LogP contribution in [0.4, 0.5) is 18.9 Å². The van der Waals surface area contributed by atoms with Gasteiger partial charge in [0.15, 0.2) is 5.57 Å². The second-order valence-corrected chi connectivity index (χ2v) is 4.17. The number of carbonyl (C=O) groups is 1. The number of anilines is 1. The summed E-state index contributed by atoms with van der Waals surface area (Å²) in [5.74, 6) is 0.857. The average Bonchev–Trinajstić information content (AvgIpc) is 2.45. The molecule has 1 aromatic carbocycles. The minimum absolute atomic E-state index is 0.0418. The quantitative estimate of drug-likeness (QED) is 0.387. The Balaban J connectivity index is 2.88. The van der Waals surface area contributed by atoms with Gasteiger partial charge in [-0.2, -0.15) is 18.4 Å². The Hall–Kier alpha value is -2.93. The van der Waals surface area contributed by atoms with Gasteiger partial charge in [-0.05, 0) is 24.3 Å². The molecule has 0 heterocycles. The molecule has 0 aliphatic heterocycles. The topological polar surface area (TPSA) is 73.1 Å². The van der Waals surface area contributed by atoms with E-state index in [4.69, 9.17) is 11.7 Å². The highest BCUT2D eigenvalue weighted by molar-refractivity contribution is 6.06. The molecule has 0 aliphatic rings. The van der Waals surface area contributed by atoms with Gasteiger partial charge in [-0.25, -0.2) is 0 Å². The van der Waals surface area contributed by atoms with E-state index in [-0.39, 0.29) is 18.5 Å². The zero-order chi connectivity index (χ0) is 16.8. The van der Waals surface area contributed by atoms with Gasteiger partial charge in [-0.3, -0.25) is 4.79 Å². The third kappa shape index (κ3) is 4.57. The third-order valence-electron chi connectivity index (χ3n) is 2.60. The molecule has 0 bridgehead atoms. The van der Waals surface area contributed by atoms with Crippen LogP contribution in [0.1, 0.15) is 18.4 Å². The first-order valence-electron chi connectivity index (χ1n) is 6.04. The number of nitrogens with one attached hydrogen (secondary N) is 1. The van der Waals surface area contributed by atoms with Crippen LogP contribution in [0, 0.1) is 23.7 Å². The fourth-order valence-electron chi connectivity index (χ4n) is 1.50. The molecule has 0 aliphatic carbocycles. The van der Waals surface area contributed by atoms with Gasteiger partial charge in [0, 0.05) is 18.5 Å². The van der Waals surface area contributed by atoms with E-state index >= 15 is 0 Å². The lowest BCUT2D eigenvalue weighted by molar-refractivity contribution is -0.137. The summed E-state index contributed by atoms with van der Waals surface area (Å²) in [6, 6.07) is 5.23. The van der Waals surface area contributed by atoms with Crippen LogP contribution in [0.5, 0.6) is 0 Å². The van der Waals surface area contributed by atoms with E-state index in [2.05, 4.69) is 11.2 Å². The van der Waals surface area contributed by atoms with E-state index in [1.54, 1.807) is 0 Å². The highest BCUT2D eigenvalue weighted by Gasteiger charge is 2.30. The number of halogens is 3. The second-order valence-electron chi connectivity index (χ2n) is 4.17. The van der Waals surface area contributed by atoms with Crippen LogP contribution < -0.4 is 5.32 Å². The van der Waals surface area contributed by atoms with Gasteiger partial charge < -0.3 is 10.4 Å². The van der Waals surface area contributed by atoms with E-state index in [1.807, 2.05) is 0 Å². The van der Waals surface area contributed by atoms with Crippen LogP contribution in [-0.2, 0) is 11.0 Å². The summed E-state index contributed by atoms with van der Waals surface area (Å²) in [7, 11) is 0. The van der Waals surface area contributed by atoms with Gasteiger partial charge in [0.25, 0.3) is 5.91 Å². The van der Waals surface area contributed by atoms with Crippen molar-refractivity contribution in [1.29, 1.82) is 5.26 Å². The number of hydrogen-bond acceptors (Lipinski definition) is 3. The Kier molecular flexibility index (Phi) is 5.59. The van der Waals surface area contributed by atoms with Gasteiger partial charge in [0.2, 0.25) is 0 Å². The first-order chi connectivity index (χ1) is 10.3. The van der Waals surface area contributed by atoms with Crippen LogP contribution in [0.2, 0.25) is 0 Å². The monoisotopic (exact) mass is 308 g/mol. The molecule has 1 amide bonds. The summed E-state index contributed by atoms with van der Waals surface area (Å²) in [6.07, 6.45) is 0.631.